The van der Waals surface area contributed by atoms with Crippen molar-refractivity contribution in [3.8, 4) is 0 Å². The molecule has 2 N–H and O–H groups in total. The molecule has 0 spiro atoms. The van der Waals surface area contributed by atoms with Gasteiger partial charge in [-0.15, -0.1) is 0 Å². The van der Waals surface area contributed by atoms with E-state index >= 15 is 0 Å². The zero-order valence-electron chi connectivity index (χ0n) is 11.6. The summed E-state index contributed by atoms with van der Waals surface area (Å²) in [4.78, 5) is 13.8. The summed E-state index contributed by atoms with van der Waals surface area (Å²) >= 11 is 0. The Kier molecular flexibility index (Phi) is 12.2. The number of carbonyl (C=O) groups excluding carboxylic acids is 1. The molecule has 0 bridgehead atoms. The first kappa shape index (κ1) is 17.7. The second kappa shape index (κ2) is 13.1. The Morgan fingerprint density at radius 1 is 1.26 bits per heavy atom. The summed E-state index contributed by atoms with van der Waals surface area (Å²) in [6.07, 6.45) is 3.56. The van der Waals surface area contributed by atoms with E-state index in [1.54, 1.807) is 0 Å². The number of carbonyl (C=O) groups is 1. The van der Waals surface area contributed by atoms with Gasteiger partial charge in [0.15, 0.2) is 0 Å². The lowest BCUT2D eigenvalue weighted by atomic mass is 9.98. The standard InChI is InChI=1S/C12H24N4O3/c1-2-3-4-11(12(13)17)5-7-18-9-10-19-8-6-15-16-14/h11H,2-10H2,1H3,(H2,13,17). The molecule has 0 aromatic heterocycles. The van der Waals surface area contributed by atoms with Crippen LogP contribution in [0.4, 0.5) is 0 Å². The van der Waals surface area contributed by atoms with Crippen molar-refractivity contribution in [3.05, 3.63) is 10.4 Å². The maximum absolute atomic E-state index is 11.2. The van der Waals surface area contributed by atoms with Gasteiger partial charge >= 0.3 is 0 Å². The average Bonchev–Trinajstić information content (AvgIpc) is 2.39. The van der Waals surface area contributed by atoms with E-state index in [0.29, 0.717) is 39.4 Å². The number of primary amides is 1. The number of azide groups is 1. The summed E-state index contributed by atoms with van der Waals surface area (Å²) in [5.74, 6) is -0.339. The van der Waals surface area contributed by atoms with Crippen molar-refractivity contribution in [1.82, 2.24) is 0 Å². The lowest BCUT2D eigenvalue weighted by Crippen LogP contribution is -2.24. The minimum atomic E-state index is -0.248. The second-order valence-electron chi connectivity index (χ2n) is 4.21. The Hall–Kier alpha value is -1.30. The smallest absolute Gasteiger partial charge is 0.220 e. The summed E-state index contributed by atoms with van der Waals surface area (Å²) < 4.78 is 10.5. The van der Waals surface area contributed by atoms with E-state index in [1.807, 2.05) is 0 Å². The molecule has 7 nitrogen and oxygen atoms in total. The maximum Gasteiger partial charge on any atom is 0.220 e. The van der Waals surface area contributed by atoms with Crippen molar-refractivity contribution in [3.63, 3.8) is 0 Å². The third kappa shape index (κ3) is 11.5. The van der Waals surface area contributed by atoms with Gasteiger partial charge in [-0.1, -0.05) is 24.9 Å². The molecule has 0 rings (SSSR count). The molecule has 0 radical (unpaired) electrons. The second-order valence-corrected chi connectivity index (χ2v) is 4.21. The predicted molar refractivity (Wildman–Crippen MR) is 72.5 cm³/mol. The van der Waals surface area contributed by atoms with Crippen LogP contribution in [0.5, 0.6) is 0 Å². The van der Waals surface area contributed by atoms with Gasteiger partial charge in [-0.25, -0.2) is 0 Å². The van der Waals surface area contributed by atoms with Gasteiger partial charge in [0.2, 0.25) is 5.91 Å². The zero-order valence-corrected chi connectivity index (χ0v) is 11.6. The summed E-state index contributed by atoms with van der Waals surface area (Å²) in [6, 6.07) is 0. The highest BCUT2D eigenvalue weighted by Crippen LogP contribution is 2.12. The predicted octanol–water partition coefficient (Wildman–Crippen LogP) is 2.01. The lowest BCUT2D eigenvalue weighted by molar-refractivity contribution is -0.122. The molecule has 19 heavy (non-hydrogen) atoms. The molecule has 1 amide bonds. The molecule has 0 saturated carbocycles. The van der Waals surface area contributed by atoms with E-state index in [1.165, 1.54) is 0 Å². The molecular weight excluding hydrogens is 248 g/mol. The summed E-state index contributed by atoms with van der Waals surface area (Å²) in [6.45, 7) is 4.25. The van der Waals surface area contributed by atoms with Gasteiger partial charge in [0.1, 0.15) is 0 Å². The number of ether oxygens (including phenoxy) is 2. The third-order valence-corrected chi connectivity index (χ3v) is 2.69. The first-order valence-corrected chi connectivity index (χ1v) is 6.68. The zero-order chi connectivity index (χ0) is 14.3. The molecule has 0 saturated heterocycles. The molecule has 0 aromatic carbocycles. The Bertz CT molecular complexity index is 280. The molecule has 7 heteroatoms. The molecular formula is C12H24N4O3. The molecule has 110 valence electrons. The van der Waals surface area contributed by atoms with E-state index < -0.39 is 0 Å². The Morgan fingerprint density at radius 3 is 2.53 bits per heavy atom. The van der Waals surface area contributed by atoms with Crippen LogP contribution < -0.4 is 5.73 Å². The van der Waals surface area contributed by atoms with Crippen LogP contribution in [0.25, 0.3) is 10.4 Å². The van der Waals surface area contributed by atoms with Crippen molar-refractivity contribution in [1.29, 1.82) is 0 Å². The molecule has 0 aromatic rings. The molecule has 1 atom stereocenters. The van der Waals surface area contributed by atoms with Gasteiger partial charge in [0.25, 0.3) is 0 Å². The number of nitrogens with zero attached hydrogens (tertiary/aromatic N) is 3. The molecule has 0 aliphatic carbocycles. The van der Waals surface area contributed by atoms with Gasteiger partial charge < -0.3 is 15.2 Å². The highest BCUT2D eigenvalue weighted by atomic mass is 16.5. The van der Waals surface area contributed by atoms with Crippen molar-refractivity contribution in [2.24, 2.45) is 16.8 Å². The Labute approximate surface area is 114 Å². The molecule has 0 heterocycles. The number of hydrogen-bond donors (Lipinski definition) is 1. The van der Waals surface area contributed by atoms with Crippen LogP contribution in [-0.4, -0.2) is 38.9 Å². The van der Waals surface area contributed by atoms with Crippen LogP contribution in [0, 0.1) is 5.92 Å². The van der Waals surface area contributed by atoms with Gasteiger partial charge in [0.05, 0.1) is 19.8 Å². The quantitative estimate of drug-likeness (QED) is 0.239. The molecule has 0 fully saturated rings. The number of hydrogen-bond acceptors (Lipinski definition) is 4. The molecule has 0 aliphatic heterocycles. The average molecular weight is 272 g/mol. The normalized spacial score (nSPS) is 11.8. The van der Waals surface area contributed by atoms with Crippen LogP contribution in [-0.2, 0) is 14.3 Å². The van der Waals surface area contributed by atoms with E-state index in [0.717, 1.165) is 19.3 Å². The van der Waals surface area contributed by atoms with Crippen molar-refractivity contribution < 1.29 is 14.3 Å². The van der Waals surface area contributed by atoms with Crippen LogP contribution in [0.3, 0.4) is 0 Å². The largest absolute Gasteiger partial charge is 0.379 e. The summed E-state index contributed by atoms with van der Waals surface area (Å²) in [5, 5.41) is 3.34. The number of rotatable bonds is 13. The lowest BCUT2D eigenvalue weighted by Gasteiger charge is -2.12. The summed E-state index contributed by atoms with van der Waals surface area (Å²) in [7, 11) is 0. The van der Waals surface area contributed by atoms with Gasteiger partial charge in [-0.2, -0.15) is 0 Å². The van der Waals surface area contributed by atoms with Gasteiger partial charge in [-0.05, 0) is 18.4 Å². The van der Waals surface area contributed by atoms with E-state index in [-0.39, 0.29) is 11.8 Å². The van der Waals surface area contributed by atoms with Crippen molar-refractivity contribution in [2.75, 3.05) is 33.0 Å². The topological polar surface area (TPSA) is 110 Å². The highest BCUT2D eigenvalue weighted by molar-refractivity contribution is 5.76. The molecule has 1 unspecified atom stereocenters. The summed E-state index contributed by atoms with van der Waals surface area (Å²) in [5.41, 5.74) is 13.4. The fourth-order valence-electron chi connectivity index (χ4n) is 1.58. The minimum absolute atomic E-state index is 0.0918. The van der Waals surface area contributed by atoms with Gasteiger partial charge in [0, 0.05) is 24.0 Å². The van der Waals surface area contributed by atoms with Crippen molar-refractivity contribution >= 4 is 5.91 Å². The van der Waals surface area contributed by atoms with E-state index in [4.69, 9.17) is 20.7 Å². The van der Waals surface area contributed by atoms with E-state index in [2.05, 4.69) is 16.9 Å². The fourth-order valence-corrected chi connectivity index (χ4v) is 1.58. The first-order valence-electron chi connectivity index (χ1n) is 6.68. The Balaban J connectivity index is 3.44. The first-order chi connectivity index (χ1) is 9.22. The molecule has 0 aliphatic rings. The SMILES string of the molecule is CCCCC(CCOCCOCCN=[N+]=[N-])C(N)=O. The Morgan fingerprint density at radius 2 is 1.95 bits per heavy atom. The monoisotopic (exact) mass is 272 g/mol. The van der Waals surface area contributed by atoms with Crippen LogP contribution in [0.2, 0.25) is 0 Å². The highest BCUT2D eigenvalue weighted by Gasteiger charge is 2.13. The van der Waals surface area contributed by atoms with Crippen LogP contribution >= 0.6 is 0 Å². The number of nitrogens with two attached hydrogens (primary N) is 1. The number of unbranched alkanes of at least 4 members (excludes halogenated alkanes) is 1. The van der Waals surface area contributed by atoms with Crippen LogP contribution in [0.1, 0.15) is 32.6 Å². The maximum atomic E-state index is 11.2. The number of amides is 1. The van der Waals surface area contributed by atoms with Crippen LogP contribution in [0.15, 0.2) is 5.11 Å². The third-order valence-electron chi connectivity index (χ3n) is 2.69. The van der Waals surface area contributed by atoms with Crippen molar-refractivity contribution in [2.45, 2.75) is 32.6 Å². The minimum Gasteiger partial charge on any atom is -0.379 e. The van der Waals surface area contributed by atoms with E-state index in [9.17, 15) is 4.79 Å². The van der Waals surface area contributed by atoms with Gasteiger partial charge in [-0.3, -0.25) is 4.79 Å². The fraction of sp³-hybridized carbons (Fsp3) is 0.917.